The van der Waals surface area contributed by atoms with Crippen molar-refractivity contribution in [1.82, 2.24) is 15.2 Å². The molecule has 1 atom stereocenters. The van der Waals surface area contributed by atoms with E-state index >= 15 is 0 Å². The smallest absolute Gasteiger partial charge is 0.261 e. The van der Waals surface area contributed by atoms with Gasteiger partial charge in [-0.15, -0.1) is 22.7 Å². The van der Waals surface area contributed by atoms with E-state index in [1.165, 1.54) is 4.88 Å². The molecule has 1 aliphatic rings. The van der Waals surface area contributed by atoms with Crippen molar-refractivity contribution in [2.24, 2.45) is 0 Å². The highest BCUT2D eigenvalue weighted by Gasteiger charge is 2.29. The van der Waals surface area contributed by atoms with Gasteiger partial charge in [-0.1, -0.05) is 18.2 Å². The lowest BCUT2D eigenvalue weighted by molar-refractivity contribution is -0.0320. The molecular formula is C19H21N3O2S2. The summed E-state index contributed by atoms with van der Waals surface area (Å²) in [7, 11) is 1.68. The molecule has 136 valence electrons. The van der Waals surface area contributed by atoms with Crippen molar-refractivity contribution in [3.05, 3.63) is 50.8 Å². The summed E-state index contributed by atoms with van der Waals surface area (Å²) >= 11 is 3.28. The topological polar surface area (TPSA) is 54.5 Å². The average molecular weight is 388 g/mol. The van der Waals surface area contributed by atoms with Gasteiger partial charge in [0.05, 0.1) is 22.6 Å². The summed E-state index contributed by atoms with van der Waals surface area (Å²) < 4.78 is 7.24. The van der Waals surface area contributed by atoms with Crippen LogP contribution in [0.25, 0.3) is 10.1 Å². The van der Waals surface area contributed by atoms with Gasteiger partial charge in [-0.3, -0.25) is 9.69 Å². The average Bonchev–Trinajstić information content (AvgIpc) is 3.24. The van der Waals surface area contributed by atoms with E-state index < -0.39 is 0 Å². The van der Waals surface area contributed by atoms with Crippen molar-refractivity contribution < 1.29 is 9.53 Å². The maximum absolute atomic E-state index is 12.4. The molecule has 0 spiro atoms. The van der Waals surface area contributed by atoms with E-state index in [4.69, 9.17) is 4.74 Å². The molecule has 1 saturated heterocycles. The number of fused-ring (bicyclic) bond motifs is 1. The second-order valence-electron chi connectivity index (χ2n) is 6.36. The molecule has 0 saturated carbocycles. The van der Waals surface area contributed by atoms with Crippen LogP contribution in [0.5, 0.6) is 0 Å². The molecule has 1 amide bonds. The van der Waals surface area contributed by atoms with Gasteiger partial charge in [-0.2, -0.15) is 0 Å². The molecule has 3 heterocycles. The number of aryl methyl sites for hydroxylation is 1. The van der Waals surface area contributed by atoms with Crippen molar-refractivity contribution in [2.45, 2.75) is 19.6 Å². The van der Waals surface area contributed by atoms with Crippen LogP contribution in [0.2, 0.25) is 0 Å². The lowest BCUT2D eigenvalue weighted by Crippen LogP contribution is -2.38. The second-order valence-corrected chi connectivity index (χ2v) is 8.73. The van der Waals surface area contributed by atoms with Gasteiger partial charge in [-0.05, 0) is 18.4 Å². The Labute approximate surface area is 160 Å². The monoisotopic (exact) mass is 387 g/mol. The number of thiazole rings is 1. The van der Waals surface area contributed by atoms with Crippen molar-refractivity contribution in [3.8, 4) is 0 Å². The van der Waals surface area contributed by atoms with Crippen LogP contribution >= 0.6 is 22.7 Å². The number of carbonyl (C=O) groups excluding carboxylic acids is 1. The molecule has 1 N–H and O–H groups in total. The van der Waals surface area contributed by atoms with Crippen LogP contribution in [-0.4, -0.2) is 42.5 Å². The van der Waals surface area contributed by atoms with Gasteiger partial charge in [0, 0.05) is 48.0 Å². The fourth-order valence-corrected chi connectivity index (χ4v) is 5.42. The van der Waals surface area contributed by atoms with Crippen molar-refractivity contribution >= 4 is 38.7 Å². The molecule has 1 aromatic carbocycles. The highest BCUT2D eigenvalue weighted by atomic mass is 32.1. The number of nitrogens with zero attached hydrogens (tertiary/aromatic N) is 2. The van der Waals surface area contributed by atoms with E-state index in [1.54, 1.807) is 29.7 Å². The number of ether oxygens (including phenoxy) is 1. The molecule has 5 nitrogen and oxygen atoms in total. The maximum Gasteiger partial charge on any atom is 0.261 e. The van der Waals surface area contributed by atoms with Gasteiger partial charge in [0.25, 0.3) is 5.91 Å². The molecule has 0 radical (unpaired) electrons. The molecule has 0 bridgehead atoms. The zero-order valence-corrected chi connectivity index (χ0v) is 16.5. The van der Waals surface area contributed by atoms with Crippen molar-refractivity contribution in [1.29, 1.82) is 0 Å². The third-order valence-corrected chi connectivity index (χ3v) is 6.67. The Morgan fingerprint density at radius 2 is 2.23 bits per heavy atom. The Morgan fingerprint density at radius 3 is 3.00 bits per heavy atom. The van der Waals surface area contributed by atoms with E-state index in [2.05, 4.69) is 27.3 Å². The van der Waals surface area contributed by atoms with Crippen LogP contribution in [0.3, 0.4) is 0 Å². The molecule has 1 unspecified atom stereocenters. The number of carbonyl (C=O) groups is 1. The molecule has 7 heteroatoms. The predicted molar refractivity (Wildman–Crippen MR) is 106 cm³/mol. The highest BCUT2D eigenvalue weighted by molar-refractivity contribution is 7.21. The Morgan fingerprint density at radius 1 is 1.38 bits per heavy atom. The van der Waals surface area contributed by atoms with Gasteiger partial charge >= 0.3 is 0 Å². The van der Waals surface area contributed by atoms with E-state index in [-0.39, 0.29) is 12.0 Å². The maximum atomic E-state index is 12.4. The summed E-state index contributed by atoms with van der Waals surface area (Å²) in [5.74, 6) is -0.0417. The predicted octanol–water partition coefficient (Wildman–Crippen LogP) is 3.60. The van der Waals surface area contributed by atoms with Crippen LogP contribution < -0.4 is 5.32 Å². The van der Waals surface area contributed by atoms with Crippen LogP contribution in [-0.2, 0) is 11.3 Å². The SMILES string of the molecule is CNC(=O)c1sc2ccccc2c1C1CN(Cc2cnc(C)s2)CCO1. The first-order chi connectivity index (χ1) is 12.7. The first kappa shape index (κ1) is 17.6. The number of hydrogen-bond donors (Lipinski definition) is 1. The molecule has 1 fully saturated rings. The van der Waals surface area contributed by atoms with Crippen LogP contribution in [0, 0.1) is 6.92 Å². The number of hydrogen-bond acceptors (Lipinski definition) is 6. The summed E-state index contributed by atoms with van der Waals surface area (Å²) in [5, 5.41) is 4.99. The Hall–Kier alpha value is -1.80. The molecular weight excluding hydrogens is 366 g/mol. The summed E-state index contributed by atoms with van der Waals surface area (Å²) in [6.07, 6.45) is 1.86. The minimum Gasteiger partial charge on any atom is -0.371 e. The quantitative estimate of drug-likeness (QED) is 0.743. The largest absolute Gasteiger partial charge is 0.371 e. The minimum absolute atomic E-state index is 0.0417. The number of morpholine rings is 1. The van der Waals surface area contributed by atoms with Crippen molar-refractivity contribution in [3.63, 3.8) is 0 Å². The third-order valence-electron chi connectivity index (χ3n) is 4.59. The number of amides is 1. The zero-order valence-electron chi connectivity index (χ0n) is 14.8. The number of rotatable bonds is 4. The summed E-state index contributed by atoms with van der Waals surface area (Å²) in [6, 6.07) is 8.18. The first-order valence-electron chi connectivity index (χ1n) is 8.64. The molecule has 3 aromatic rings. The standard InChI is InChI=1S/C19H21N3O2S2/c1-12-21-9-13(25-12)10-22-7-8-24-15(11-22)17-14-5-3-4-6-16(14)26-18(17)19(23)20-2/h3-6,9,15H,7-8,10-11H2,1-2H3,(H,20,23). The minimum atomic E-state index is -0.0961. The first-order valence-corrected chi connectivity index (χ1v) is 10.3. The van der Waals surface area contributed by atoms with E-state index in [9.17, 15) is 4.79 Å². The number of benzene rings is 1. The van der Waals surface area contributed by atoms with Crippen LogP contribution in [0.1, 0.15) is 31.2 Å². The lowest BCUT2D eigenvalue weighted by Gasteiger charge is -2.33. The van der Waals surface area contributed by atoms with Crippen molar-refractivity contribution in [2.75, 3.05) is 26.7 Å². The normalized spacial score (nSPS) is 18.3. The number of aromatic nitrogens is 1. The summed E-state index contributed by atoms with van der Waals surface area (Å²) in [6.45, 7) is 5.25. The summed E-state index contributed by atoms with van der Waals surface area (Å²) in [4.78, 5) is 21.2. The van der Waals surface area contributed by atoms with Gasteiger partial charge in [0.2, 0.25) is 0 Å². The van der Waals surface area contributed by atoms with E-state index in [0.717, 1.165) is 45.2 Å². The molecule has 0 aliphatic carbocycles. The Bertz CT molecular complexity index is 934. The van der Waals surface area contributed by atoms with Gasteiger partial charge in [-0.25, -0.2) is 4.98 Å². The number of thiophene rings is 1. The zero-order chi connectivity index (χ0) is 18.1. The summed E-state index contributed by atoms with van der Waals surface area (Å²) in [5.41, 5.74) is 1.02. The highest BCUT2D eigenvalue weighted by Crippen LogP contribution is 2.38. The molecule has 2 aromatic heterocycles. The van der Waals surface area contributed by atoms with Gasteiger partial charge in [0.1, 0.15) is 0 Å². The number of nitrogens with one attached hydrogen (secondary N) is 1. The Kier molecular flexibility index (Phi) is 5.04. The van der Waals surface area contributed by atoms with Crippen LogP contribution in [0.4, 0.5) is 0 Å². The third kappa shape index (κ3) is 3.40. The van der Waals surface area contributed by atoms with Gasteiger partial charge < -0.3 is 10.1 Å². The second kappa shape index (κ2) is 7.44. The fourth-order valence-electron chi connectivity index (χ4n) is 3.39. The lowest BCUT2D eigenvalue weighted by atomic mass is 10.0. The molecule has 4 rings (SSSR count). The fraction of sp³-hybridized carbons (Fsp3) is 0.368. The van der Waals surface area contributed by atoms with Gasteiger partial charge in [0.15, 0.2) is 0 Å². The molecule has 26 heavy (non-hydrogen) atoms. The molecule has 1 aliphatic heterocycles. The van der Waals surface area contributed by atoms with Crippen LogP contribution in [0.15, 0.2) is 30.5 Å². The Balaban J connectivity index is 1.64. The van der Waals surface area contributed by atoms with E-state index in [1.807, 2.05) is 25.3 Å². The van der Waals surface area contributed by atoms with E-state index in [0.29, 0.717) is 6.61 Å².